The zero-order chi connectivity index (χ0) is 18.6. The van der Waals surface area contributed by atoms with E-state index in [2.05, 4.69) is 94.4 Å². The average Bonchev–Trinajstić information content (AvgIpc) is 2.72. The van der Waals surface area contributed by atoms with Gasteiger partial charge in [0.1, 0.15) is 0 Å². The number of para-hydroxylation sites is 2. The van der Waals surface area contributed by atoms with Crippen molar-refractivity contribution in [3.05, 3.63) is 96.1 Å². The molecule has 136 valence electrons. The fourth-order valence-corrected chi connectivity index (χ4v) is 3.69. The van der Waals surface area contributed by atoms with Crippen molar-refractivity contribution in [1.82, 2.24) is 4.90 Å². The quantitative estimate of drug-likeness (QED) is 0.594. The molecule has 0 spiro atoms. The molecule has 1 heterocycles. The van der Waals surface area contributed by atoms with Crippen LogP contribution in [0, 0.1) is 6.92 Å². The standard InChI is InChI=1S/C23H23N3S/c1-19-12-14-20(15-13-19)16-24-17-25(21-8-4-2-5-9-21)23(27)26(18-24)22-10-6-3-7-11-22/h2-15H,16-18H2,1H3. The van der Waals surface area contributed by atoms with Crippen molar-refractivity contribution >= 4 is 28.7 Å². The molecule has 3 nitrogen and oxygen atoms in total. The Morgan fingerprint density at radius 1 is 0.704 bits per heavy atom. The first-order chi connectivity index (χ1) is 13.2. The molecule has 0 unspecified atom stereocenters. The summed E-state index contributed by atoms with van der Waals surface area (Å²) in [6.07, 6.45) is 0. The van der Waals surface area contributed by atoms with E-state index in [-0.39, 0.29) is 0 Å². The Kier molecular flexibility index (Phi) is 5.19. The first kappa shape index (κ1) is 17.7. The molecule has 0 bridgehead atoms. The number of rotatable bonds is 4. The lowest BCUT2D eigenvalue weighted by Gasteiger charge is -2.44. The summed E-state index contributed by atoms with van der Waals surface area (Å²) in [6, 6.07) is 29.5. The fourth-order valence-electron chi connectivity index (χ4n) is 3.36. The molecule has 1 fully saturated rings. The van der Waals surface area contributed by atoms with E-state index in [0.29, 0.717) is 0 Å². The summed E-state index contributed by atoms with van der Waals surface area (Å²) in [6.45, 7) is 4.56. The molecule has 4 rings (SSSR count). The van der Waals surface area contributed by atoms with Crippen LogP contribution in [0.1, 0.15) is 11.1 Å². The van der Waals surface area contributed by atoms with Crippen molar-refractivity contribution in [2.75, 3.05) is 23.1 Å². The first-order valence-electron chi connectivity index (χ1n) is 9.18. The highest BCUT2D eigenvalue weighted by Gasteiger charge is 2.29. The van der Waals surface area contributed by atoms with Crippen LogP contribution in [0.4, 0.5) is 11.4 Å². The maximum Gasteiger partial charge on any atom is 0.182 e. The molecule has 3 aromatic rings. The van der Waals surface area contributed by atoms with Crippen LogP contribution in [-0.4, -0.2) is 23.3 Å². The van der Waals surface area contributed by atoms with Gasteiger partial charge < -0.3 is 9.80 Å². The molecule has 1 aliphatic heterocycles. The summed E-state index contributed by atoms with van der Waals surface area (Å²) in [5, 5.41) is 0.840. The van der Waals surface area contributed by atoms with Gasteiger partial charge in [-0.3, -0.25) is 4.90 Å². The summed E-state index contributed by atoms with van der Waals surface area (Å²) in [5.41, 5.74) is 4.85. The second-order valence-electron chi connectivity index (χ2n) is 6.91. The number of aryl methyl sites for hydroxylation is 1. The Balaban J connectivity index is 1.64. The maximum absolute atomic E-state index is 5.87. The number of hydrogen-bond donors (Lipinski definition) is 0. The van der Waals surface area contributed by atoms with Crippen LogP contribution < -0.4 is 9.80 Å². The molecule has 1 saturated heterocycles. The Labute approximate surface area is 166 Å². The van der Waals surface area contributed by atoms with Crippen molar-refractivity contribution in [2.45, 2.75) is 13.5 Å². The smallest absolute Gasteiger partial charge is 0.182 e. The molecule has 0 atom stereocenters. The Bertz CT molecular complexity index is 842. The van der Waals surface area contributed by atoms with Gasteiger partial charge in [-0.1, -0.05) is 66.2 Å². The van der Waals surface area contributed by atoms with Crippen LogP contribution in [-0.2, 0) is 6.54 Å². The normalized spacial score (nSPS) is 15.2. The van der Waals surface area contributed by atoms with Crippen LogP contribution in [0.3, 0.4) is 0 Å². The van der Waals surface area contributed by atoms with Crippen LogP contribution in [0.2, 0.25) is 0 Å². The lowest BCUT2D eigenvalue weighted by atomic mass is 10.1. The van der Waals surface area contributed by atoms with E-state index in [4.69, 9.17) is 12.2 Å². The summed E-state index contributed by atoms with van der Waals surface area (Å²) in [4.78, 5) is 6.83. The highest BCUT2D eigenvalue weighted by molar-refractivity contribution is 7.80. The molecular weight excluding hydrogens is 350 g/mol. The highest BCUT2D eigenvalue weighted by Crippen LogP contribution is 2.25. The van der Waals surface area contributed by atoms with Gasteiger partial charge in [-0.2, -0.15) is 0 Å². The highest BCUT2D eigenvalue weighted by atomic mass is 32.1. The maximum atomic E-state index is 5.87. The third kappa shape index (κ3) is 4.02. The van der Waals surface area contributed by atoms with Crippen molar-refractivity contribution in [2.24, 2.45) is 0 Å². The largest absolute Gasteiger partial charge is 0.305 e. The van der Waals surface area contributed by atoms with Gasteiger partial charge in [-0.15, -0.1) is 0 Å². The first-order valence-corrected chi connectivity index (χ1v) is 9.58. The summed E-state index contributed by atoms with van der Waals surface area (Å²) in [5.74, 6) is 0. The van der Waals surface area contributed by atoms with E-state index in [1.165, 1.54) is 11.1 Å². The molecule has 0 aromatic heterocycles. The van der Waals surface area contributed by atoms with E-state index < -0.39 is 0 Å². The van der Waals surface area contributed by atoms with E-state index in [1.807, 2.05) is 12.1 Å². The van der Waals surface area contributed by atoms with Gasteiger partial charge in [-0.25, -0.2) is 0 Å². The molecular formula is C23H23N3S. The van der Waals surface area contributed by atoms with Gasteiger partial charge in [-0.05, 0) is 49.0 Å². The molecule has 3 aromatic carbocycles. The topological polar surface area (TPSA) is 9.72 Å². The van der Waals surface area contributed by atoms with Gasteiger partial charge >= 0.3 is 0 Å². The van der Waals surface area contributed by atoms with E-state index >= 15 is 0 Å². The predicted molar refractivity (Wildman–Crippen MR) is 117 cm³/mol. The minimum Gasteiger partial charge on any atom is -0.305 e. The molecule has 0 aliphatic carbocycles. The molecule has 0 radical (unpaired) electrons. The van der Waals surface area contributed by atoms with Crippen molar-refractivity contribution < 1.29 is 0 Å². The number of thiocarbonyl (C=S) groups is 1. The van der Waals surface area contributed by atoms with Gasteiger partial charge in [0.25, 0.3) is 0 Å². The number of nitrogens with zero attached hydrogens (tertiary/aromatic N) is 3. The molecule has 0 amide bonds. The lowest BCUT2D eigenvalue weighted by Crippen LogP contribution is -2.58. The van der Waals surface area contributed by atoms with Crippen LogP contribution in [0.15, 0.2) is 84.9 Å². The Morgan fingerprint density at radius 2 is 1.19 bits per heavy atom. The molecule has 1 aliphatic rings. The second-order valence-corrected chi connectivity index (χ2v) is 7.27. The predicted octanol–water partition coefficient (Wildman–Crippen LogP) is 5.02. The van der Waals surface area contributed by atoms with Gasteiger partial charge in [0.15, 0.2) is 5.11 Å². The molecule has 0 saturated carbocycles. The molecule has 0 N–H and O–H groups in total. The second kappa shape index (κ2) is 7.91. The monoisotopic (exact) mass is 373 g/mol. The summed E-state index contributed by atoms with van der Waals surface area (Å²) < 4.78 is 0. The van der Waals surface area contributed by atoms with E-state index in [1.54, 1.807) is 0 Å². The molecule has 27 heavy (non-hydrogen) atoms. The average molecular weight is 374 g/mol. The molecule has 4 heteroatoms. The fraction of sp³-hybridized carbons (Fsp3) is 0.174. The van der Waals surface area contributed by atoms with Gasteiger partial charge in [0.05, 0.1) is 13.3 Å². The zero-order valence-electron chi connectivity index (χ0n) is 15.5. The minimum absolute atomic E-state index is 0.778. The summed E-state index contributed by atoms with van der Waals surface area (Å²) >= 11 is 5.87. The third-order valence-corrected chi connectivity index (χ3v) is 5.25. The van der Waals surface area contributed by atoms with Crippen molar-refractivity contribution in [1.29, 1.82) is 0 Å². The SMILES string of the molecule is Cc1ccc(CN2CN(c3ccccc3)C(=S)N(c3ccccc3)C2)cc1. The van der Waals surface area contributed by atoms with Crippen LogP contribution in [0.25, 0.3) is 0 Å². The van der Waals surface area contributed by atoms with Crippen LogP contribution in [0.5, 0.6) is 0 Å². The van der Waals surface area contributed by atoms with E-state index in [0.717, 1.165) is 36.4 Å². The Morgan fingerprint density at radius 3 is 1.67 bits per heavy atom. The third-order valence-electron chi connectivity index (χ3n) is 4.81. The van der Waals surface area contributed by atoms with Crippen molar-refractivity contribution in [3.8, 4) is 0 Å². The zero-order valence-corrected chi connectivity index (χ0v) is 16.3. The lowest BCUT2D eigenvalue weighted by molar-refractivity contribution is 0.269. The summed E-state index contributed by atoms with van der Waals surface area (Å²) in [7, 11) is 0. The van der Waals surface area contributed by atoms with Gasteiger partial charge in [0.2, 0.25) is 0 Å². The number of hydrogen-bond acceptors (Lipinski definition) is 2. The van der Waals surface area contributed by atoms with E-state index in [9.17, 15) is 0 Å². The minimum atomic E-state index is 0.778. The van der Waals surface area contributed by atoms with Crippen molar-refractivity contribution in [3.63, 3.8) is 0 Å². The Hall–Kier alpha value is -2.69. The van der Waals surface area contributed by atoms with Crippen LogP contribution >= 0.6 is 12.2 Å². The number of benzene rings is 3. The van der Waals surface area contributed by atoms with Gasteiger partial charge in [0, 0.05) is 17.9 Å². The number of anilines is 2.